The van der Waals surface area contributed by atoms with Crippen molar-refractivity contribution in [3.8, 4) is 16.8 Å². The number of aromatic nitrogens is 1. The van der Waals surface area contributed by atoms with Crippen molar-refractivity contribution < 1.29 is 0 Å². The molecule has 0 radical (unpaired) electrons. The Bertz CT molecular complexity index is 1880. The summed E-state index contributed by atoms with van der Waals surface area (Å²) in [5.74, 6) is 0.342. The lowest BCUT2D eigenvalue weighted by atomic mass is 9.89. The highest BCUT2D eigenvalue weighted by atomic mass is 15.2. The van der Waals surface area contributed by atoms with Gasteiger partial charge in [-0.25, -0.2) is 0 Å². The molecule has 180 valence electrons. The summed E-state index contributed by atoms with van der Waals surface area (Å²) in [6, 6.07) is 44.4. The van der Waals surface area contributed by atoms with E-state index in [0.29, 0.717) is 12.0 Å². The van der Waals surface area contributed by atoms with Crippen LogP contribution in [-0.2, 0) is 0 Å². The first-order chi connectivity index (χ1) is 18.9. The van der Waals surface area contributed by atoms with Crippen molar-refractivity contribution in [2.75, 3.05) is 4.90 Å². The van der Waals surface area contributed by atoms with Crippen LogP contribution in [0.3, 0.4) is 0 Å². The van der Waals surface area contributed by atoms with Crippen LogP contribution in [0, 0.1) is 0 Å². The van der Waals surface area contributed by atoms with Gasteiger partial charge in [0.2, 0.25) is 0 Å². The van der Waals surface area contributed by atoms with Crippen LogP contribution in [-0.4, -0.2) is 10.6 Å². The Kier molecular flexibility index (Phi) is 4.68. The van der Waals surface area contributed by atoms with Gasteiger partial charge in [-0.2, -0.15) is 0 Å². The van der Waals surface area contributed by atoms with E-state index in [0.717, 1.165) is 0 Å². The first kappa shape index (κ1) is 21.3. The van der Waals surface area contributed by atoms with Crippen LogP contribution in [0.15, 0.2) is 146 Å². The van der Waals surface area contributed by atoms with Crippen molar-refractivity contribution in [3.63, 3.8) is 0 Å². The van der Waals surface area contributed by atoms with E-state index in [2.05, 4.69) is 155 Å². The zero-order chi connectivity index (χ0) is 25.1. The fourth-order valence-electron chi connectivity index (χ4n) is 6.42. The van der Waals surface area contributed by atoms with Gasteiger partial charge >= 0.3 is 0 Å². The second-order valence-corrected chi connectivity index (χ2v) is 10.2. The van der Waals surface area contributed by atoms with Crippen molar-refractivity contribution in [2.24, 2.45) is 0 Å². The summed E-state index contributed by atoms with van der Waals surface area (Å²) in [6.45, 7) is 0. The van der Waals surface area contributed by atoms with Gasteiger partial charge in [-0.1, -0.05) is 97.1 Å². The van der Waals surface area contributed by atoms with Crippen LogP contribution in [0.2, 0.25) is 0 Å². The summed E-state index contributed by atoms with van der Waals surface area (Å²) < 4.78 is 2.39. The SMILES string of the molecule is C1=CC2c3cc(-c4ccc5c6ccccc6n(-c6ccccc6)c5c4)ccc3N(c3ccccc3)C2C=C1. The molecule has 38 heavy (non-hydrogen) atoms. The second kappa shape index (κ2) is 8.36. The molecule has 1 aliphatic heterocycles. The number of nitrogens with zero attached hydrogens (tertiary/aromatic N) is 2. The van der Waals surface area contributed by atoms with Crippen LogP contribution in [0.5, 0.6) is 0 Å². The van der Waals surface area contributed by atoms with Crippen molar-refractivity contribution in [1.29, 1.82) is 0 Å². The van der Waals surface area contributed by atoms with Crippen LogP contribution in [0.25, 0.3) is 38.6 Å². The molecule has 0 spiro atoms. The first-order valence-corrected chi connectivity index (χ1v) is 13.3. The predicted molar refractivity (Wildman–Crippen MR) is 160 cm³/mol. The van der Waals surface area contributed by atoms with Crippen molar-refractivity contribution in [1.82, 2.24) is 4.57 Å². The number of rotatable bonds is 3. The first-order valence-electron chi connectivity index (χ1n) is 13.3. The van der Waals surface area contributed by atoms with Gasteiger partial charge in [-0.15, -0.1) is 0 Å². The molecule has 1 aromatic heterocycles. The van der Waals surface area contributed by atoms with Crippen LogP contribution >= 0.6 is 0 Å². The molecule has 2 heteroatoms. The summed E-state index contributed by atoms with van der Waals surface area (Å²) >= 11 is 0. The maximum absolute atomic E-state index is 2.49. The van der Waals surface area contributed by atoms with E-state index in [1.165, 1.54) is 55.6 Å². The molecule has 0 amide bonds. The third kappa shape index (κ3) is 3.13. The van der Waals surface area contributed by atoms with Crippen LogP contribution in [0.4, 0.5) is 11.4 Å². The molecule has 2 nitrogen and oxygen atoms in total. The Balaban J connectivity index is 1.31. The highest BCUT2D eigenvalue weighted by Gasteiger charge is 2.37. The number of benzene rings is 5. The minimum Gasteiger partial charge on any atom is -0.333 e. The van der Waals surface area contributed by atoms with Gasteiger partial charge in [-0.05, 0) is 65.2 Å². The lowest BCUT2D eigenvalue weighted by Crippen LogP contribution is -2.28. The molecule has 2 heterocycles. The van der Waals surface area contributed by atoms with E-state index in [1.54, 1.807) is 0 Å². The number of fused-ring (bicyclic) bond motifs is 6. The van der Waals surface area contributed by atoms with Gasteiger partial charge in [0.05, 0.1) is 17.1 Å². The van der Waals surface area contributed by atoms with Gasteiger partial charge in [0.1, 0.15) is 0 Å². The van der Waals surface area contributed by atoms with E-state index >= 15 is 0 Å². The summed E-state index contributed by atoms with van der Waals surface area (Å²) in [4.78, 5) is 2.49. The third-order valence-corrected chi connectivity index (χ3v) is 8.11. The monoisotopic (exact) mass is 486 g/mol. The molecule has 6 aromatic rings. The fraction of sp³-hybridized carbons (Fsp3) is 0.0556. The molecule has 1 aliphatic carbocycles. The molecule has 0 bridgehead atoms. The summed E-state index contributed by atoms with van der Waals surface area (Å²) in [7, 11) is 0. The molecule has 0 N–H and O–H groups in total. The molecule has 2 atom stereocenters. The summed E-state index contributed by atoms with van der Waals surface area (Å²) in [5, 5.41) is 2.57. The number of allylic oxidation sites excluding steroid dienone is 2. The Morgan fingerprint density at radius 2 is 1.16 bits per heavy atom. The Labute approximate surface area is 222 Å². The van der Waals surface area contributed by atoms with Gasteiger partial charge in [0.15, 0.2) is 0 Å². The van der Waals surface area contributed by atoms with Crippen molar-refractivity contribution in [3.05, 3.63) is 151 Å². The topological polar surface area (TPSA) is 8.17 Å². The largest absolute Gasteiger partial charge is 0.333 e. The molecule has 0 fully saturated rings. The highest BCUT2D eigenvalue weighted by Crippen LogP contribution is 2.49. The van der Waals surface area contributed by atoms with E-state index in [9.17, 15) is 0 Å². The van der Waals surface area contributed by atoms with Crippen LogP contribution < -0.4 is 4.90 Å². The minimum atomic E-state index is 0.302. The molecular weight excluding hydrogens is 460 g/mol. The average Bonchev–Trinajstić information content (AvgIpc) is 3.50. The molecule has 0 saturated carbocycles. The molecule has 0 saturated heterocycles. The standard InChI is InChI=1S/C36H26N2/c1-3-11-27(12-4-1)37-34-18-10-8-16-30(34)32-23-25(20-22-35(32)37)26-19-21-31-29-15-7-9-17-33(29)38(36(31)24-26)28-13-5-2-6-14-28/h1-24,30,34H. The van der Waals surface area contributed by atoms with Crippen molar-refractivity contribution >= 4 is 33.2 Å². The van der Waals surface area contributed by atoms with Gasteiger partial charge in [0, 0.05) is 33.8 Å². The zero-order valence-corrected chi connectivity index (χ0v) is 20.9. The highest BCUT2D eigenvalue weighted by molar-refractivity contribution is 6.10. The van der Waals surface area contributed by atoms with Gasteiger partial charge < -0.3 is 9.47 Å². The number of anilines is 2. The zero-order valence-electron chi connectivity index (χ0n) is 20.9. The number of para-hydroxylation sites is 3. The van der Waals surface area contributed by atoms with E-state index in [-0.39, 0.29) is 0 Å². The maximum atomic E-state index is 2.49. The molecule has 2 unspecified atom stereocenters. The van der Waals surface area contributed by atoms with Gasteiger partial charge in [0.25, 0.3) is 0 Å². The van der Waals surface area contributed by atoms with Gasteiger partial charge in [-0.3, -0.25) is 0 Å². The molecular formula is C36H26N2. The predicted octanol–water partition coefficient (Wildman–Crippen LogP) is 9.18. The molecule has 8 rings (SSSR count). The fourth-order valence-corrected chi connectivity index (χ4v) is 6.42. The maximum Gasteiger partial charge on any atom is 0.0629 e. The lowest BCUT2D eigenvalue weighted by Gasteiger charge is -2.28. The van der Waals surface area contributed by atoms with E-state index in [4.69, 9.17) is 0 Å². The Hall–Kier alpha value is -4.82. The van der Waals surface area contributed by atoms with E-state index < -0.39 is 0 Å². The number of hydrogen-bond donors (Lipinski definition) is 0. The third-order valence-electron chi connectivity index (χ3n) is 8.11. The smallest absolute Gasteiger partial charge is 0.0629 e. The lowest BCUT2D eigenvalue weighted by molar-refractivity contribution is 0.745. The quantitative estimate of drug-likeness (QED) is 0.242. The molecule has 5 aromatic carbocycles. The van der Waals surface area contributed by atoms with E-state index in [1.807, 2.05) is 0 Å². The van der Waals surface area contributed by atoms with Crippen LogP contribution in [0.1, 0.15) is 11.5 Å². The average molecular weight is 487 g/mol. The second-order valence-electron chi connectivity index (χ2n) is 10.2. The number of hydrogen-bond acceptors (Lipinski definition) is 1. The normalized spacial score (nSPS) is 17.7. The Morgan fingerprint density at radius 1 is 0.500 bits per heavy atom. The Morgan fingerprint density at radius 3 is 2.00 bits per heavy atom. The minimum absolute atomic E-state index is 0.302. The van der Waals surface area contributed by atoms with Crippen molar-refractivity contribution in [2.45, 2.75) is 12.0 Å². The molecule has 2 aliphatic rings. The summed E-state index contributed by atoms with van der Waals surface area (Å²) in [5.41, 5.74) is 10.1. The summed E-state index contributed by atoms with van der Waals surface area (Å²) in [6.07, 6.45) is 9.06.